The number of nitrogens with one attached hydrogen (secondary N) is 1. The predicted molar refractivity (Wildman–Crippen MR) is 116 cm³/mol. The zero-order valence-electron chi connectivity index (χ0n) is 18.2. The molecular weight excluding hydrogens is 380 g/mol. The number of carbonyl (C=O) groups excluding carboxylic acids is 1. The van der Waals surface area contributed by atoms with Crippen LogP contribution in [0.2, 0.25) is 0 Å². The SMILES string of the molecule is CN(C)C1CCC(NC(=O)c2nn(C)c3nc(N4C5CCC4COC5)ccc23)CC1. The van der Waals surface area contributed by atoms with Crippen LogP contribution in [0.5, 0.6) is 0 Å². The smallest absolute Gasteiger partial charge is 0.272 e. The maximum Gasteiger partial charge on any atom is 0.272 e. The van der Waals surface area contributed by atoms with Gasteiger partial charge in [-0.3, -0.25) is 4.79 Å². The number of anilines is 1. The highest BCUT2D eigenvalue weighted by Gasteiger charge is 2.38. The van der Waals surface area contributed by atoms with Gasteiger partial charge >= 0.3 is 0 Å². The Bertz CT molecular complexity index is 917. The monoisotopic (exact) mass is 412 g/mol. The molecule has 2 bridgehead atoms. The molecule has 162 valence electrons. The van der Waals surface area contributed by atoms with Crippen LogP contribution in [0, 0.1) is 0 Å². The third-order valence-corrected chi connectivity index (χ3v) is 7.15. The van der Waals surface area contributed by atoms with Crippen molar-refractivity contribution in [1.29, 1.82) is 0 Å². The fourth-order valence-electron chi connectivity index (χ4n) is 5.43. The van der Waals surface area contributed by atoms with Crippen LogP contribution in [0.25, 0.3) is 11.0 Å². The van der Waals surface area contributed by atoms with Crippen LogP contribution in [0.4, 0.5) is 5.82 Å². The van der Waals surface area contributed by atoms with Crippen molar-refractivity contribution in [2.45, 2.75) is 62.7 Å². The van der Waals surface area contributed by atoms with E-state index in [9.17, 15) is 4.79 Å². The van der Waals surface area contributed by atoms with Gasteiger partial charge < -0.3 is 19.9 Å². The summed E-state index contributed by atoms with van der Waals surface area (Å²) in [5, 5.41) is 8.56. The van der Waals surface area contributed by atoms with Crippen molar-refractivity contribution < 1.29 is 9.53 Å². The molecule has 2 aromatic rings. The third-order valence-electron chi connectivity index (χ3n) is 7.15. The zero-order valence-corrected chi connectivity index (χ0v) is 18.2. The van der Waals surface area contributed by atoms with E-state index in [0.717, 1.165) is 68.6 Å². The Hall–Kier alpha value is -2.19. The number of rotatable bonds is 4. The zero-order chi connectivity index (χ0) is 20.8. The Morgan fingerprint density at radius 2 is 1.80 bits per heavy atom. The average molecular weight is 413 g/mol. The van der Waals surface area contributed by atoms with E-state index in [0.29, 0.717) is 23.8 Å². The molecule has 1 amide bonds. The molecule has 5 rings (SSSR count). The quantitative estimate of drug-likeness (QED) is 0.827. The van der Waals surface area contributed by atoms with Gasteiger partial charge in [0.15, 0.2) is 11.3 Å². The molecule has 8 heteroatoms. The lowest BCUT2D eigenvalue weighted by molar-refractivity contribution is 0.0902. The highest BCUT2D eigenvalue weighted by Crippen LogP contribution is 2.34. The largest absolute Gasteiger partial charge is 0.377 e. The average Bonchev–Trinajstić information content (AvgIpc) is 3.20. The Kier molecular flexibility index (Phi) is 5.14. The summed E-state index contributed by atoms with van der Waals surface area (Å²) in [6.45, 7) is 1.54. The number of amides is 1. The van der Waals surface area contributed by atoms with Gasteiger partial charge in [-0.25, -0.2) is 9.67 Å². The summed E-state index contributed by atoms with van der Waals surface area (Å²) < 4.78 is 7.44. The standard InChI is InChI=1S/C22H32N6O2/c1-26(2)15-6-4-14(5-7-15)23-22(29)20-18-10-11-19(24-21(18)27(3)25-20)28-16-8-9-17(28)13-30-12-16/h10-11,14-17H,4-9,12-13H2,1-3H3,(H,23,29). The van der Waals surface area contributed by atoms with E-state index in [-0.39, 0.29) is 11.9 Å². The summed E-state index contributed by atoms with van der Waals surface area (Å²) in [6, 6.07) is 5.70. The van der Waals surface area contributed by atoms with Crippen LogP contribution < -0.4 is 10.2 Å². The van der Waals surface area contributed by atoms with Crippen LogP contribution in [0.1, 0.15) is 49.0 Å². The minimum atomic E-state index is -0.0881. The van der Waals surface area contributed by atoms with Crippen molar-refractivity contribution in [3.8, 4) is 0 Å². The van der Waals surface area contributed by atoms with Crippen LogP contribution in [-0.2, 0) is 11.8 Å². The topological polar surface area (TPSA) is 75.5 Å². The van der Waals surface area contributed by atoms with Crippen LogP contribution in [0.3, 0.4) is 0 Å². The normalized spacial score (nSPS) is 29.0. The van der Waals surface area contributed by atoms with Crippen molar-refractivity contribution in [3.05, 3.63) is 17.8 Å². The number of ether oxygens (including phenoxy) is 1. The molecule has 2 unspecified atom stereocenters. The molecule has 1 aliphatic carbocycles. The molecule has 8 nitrogen and oxygen atoms in total. The van der Waals surface area contributed by atoms with Crippen LogP contribution >= 0.6 is 0 Å². The molecule has 0 spiro atoms. The Balaban J connectivity index is 1.34. The maximum absolute atomic E-state index is 13.0. The summed E-state index contributed by atoms with van der Waals surface area (Å²) in [5.74, 6) is 0.880. The minimum absolute atomic E-state index is 0.0881. The first kappa shape index (κ1) is 19.8. The lowest BCUT2D eigenvalue weighted by Crippen LogP contribution is -2.46. The summed E-state index contributed by atoms with van der Waals surface area (Å²) in [6.07, 6.45) is 6.57. The molecule has 4 heterocycles. The van der Waals surface area contributed by atoms with Gasteiger partial charge in [0, 0.05) is 19.1 Å². The van der Waals surface area contributed by atoms with Gasteiger partial charge in [-0.15, -0.1) is 0 Å². The van der Waals surface area contributed by atoms with Gasteiger partial charge in [0.25, 0.3) is 5.91 Å². The van der Waals surface area contributed by atoms with Crippen molar-refractivity contribution in [3.63, 3.8) is 0 Å². The van der Waals surface area contributed by atoms with Gasteiger partial charge in [0.2, 0.25) is 0 Å². The number of pyridine rings is 1. The van der Waals surface area contributed by atoms with E-state index >= 15 is 0 Å². The van der Waals surface area contributed by atoms with Crippen molar-refractivity contribution in [1.82, 2.24) is 25.0 Å². The molecule has 0 aromatic carbocycles. The fourth-order valence-corrected chi connectivity index (χ4v) is 5.43. The van der Waals surface area contributed by atoms with Gasteiger partial charge in [-0.05, 0) is 64.8 Å². The molecule has 30 heavy (non-hydrogen) atoms. The van der Waals surface area contributed by atoms with Gasteiger partial charge in [0.1, 0.15) is 5.82 Å². The summed E-state index contributed by atoms with van der Waals surface area (Å²) in [7, 11) is 6.13. The molecule has 2 aromatic heterocycles. The second-order valence-electron chi connectivity index (χ2n) is 9.29. The van der Waals surface area contributed by atoms with E-state index in [1.807, 2.05) is 19.2 Å². The lowest BCUT2D eigenvalue weighted by Gasteiger charge is -2.35. The summed E-state index contributed by atoms with van der Waals surface area (Å²) >= 11 is 0. The number of aryl methyl sites for hydroxylation is 1. The molecule has 3 fully saturated rings. The number of hydrogen-bond acceptors (Lipinski definition) is 6. The lowest BCUT2D eigenvalue weighted by atomic mass is 9.90. The highest BCUT2D eigenvalue weighted by molar-refractivity contribution is 6.04. The molecule has 0 radical (unpaired) electrons. The van der Waals surface area contributed by atoms with Crippen molar-refractivity contribution in [2.75, 3.05) is 32.2 Å². The molecule has 2 saturated heterocycles. The number of nitrogens with zero attached hydrogens (tertiary/aromatic N) is 5. The van der Waals surface area contributed by atoms with E-state index in [2.05, 4.69) is 34.3 Å². The fraction of sp³-hybridized carbons (Fsp3) is 0.682. The first-order valence-electron chi connectivity index (χ1n) is 11.2. The maximum atomic E-state index is 13.0. The number of fused-ring (bicyclic) bond motifs is 3. The van der Waals surface area contributed by atoms with E-state index < -0.39 is 0 Å². The summed E-state index contributed by atoms with van der Waals surface area (Å²) in [4.78, 5) is 22.6. The van der Waals surface area contributed by atoms with Gasteiger partial charge in [0.05, 0.1) is 30.7 Å². The number of hydrogen-bond donors (Lipinski definition) is 1. The Morgan fingerprint density at radius 3 is 2.47 bits per heavy atom. The van der Waals surface area contributed by atoms with Crippen LogP contribution in [0.15, 0.2) is 12.1 Å². The van der Waals surface area contributed by atoms with Gasteiger partial charge in [-0.2, -0.15) is 5.10 Å². The van der Waals surface area contributed by atoms with E-state index in [4.69, 9.17) is 9.72 Å². The highest BCUT2D eigenvalue weighted by atomic mass is 16.5. The van der Waals surface area contributed by atoms with Gasteiger partial charge in [-0.1, -0.05) is 0 Å². The van der Waals surface area contributed by atoms with Crippen LogP contribution in [-0.4, -0.2) is 77.0 Å². The van der Waals surface area contributed by atoms with Crippen molar-refractivity contribution >= 4 is 22.8 Å². The number of morpholine rings is 1. The number of aromatic nitrogens is 3. The second kappa shape index (κ2) is 7.81. The van der Waals surface area contributed by atoms with Crippen molar-refractivity contribution in [2.24, 2.45) is 7.05 Å². The summed E-state index contributed by atoms with van der Waals surface area (Å²) in [5.41, 5.74) is 1.24. The Morgan fingerprint density at radius 1 is 1.10 bits per heavy atom. The van der Waals surface area contributed by atoms with E-state index in [1.54, 1.807) is 4.68 Å². The number of carbonyl (C=O) groups is 1. The second-order valence-corrected chi connectivity index (χ2v) is 9.29. The predicted octanol–water partition coefficient (Wildman–Crippen LogP) is 1.94. The first-order chi connectivity index (χ1) is 14.5. The first-order valence-corrected chi connectivity index (χ1v) is 11.2. The molecule has 3 aliphatic rings. The molecular formula is C22H32N6O2. The molecule has 2 aliphatic heterocycles. The Labute approximate surface area is 177 Å². The minimum Gasteiger partial charge on any atom is -0.377 e. The molecule has 2 atom stereocenters. The molecule has 1 saturated carbocycles. The van der Waals surface area contributed by atoms with E-state index in [1.165, 1.54) is 0 Å². The third kappa shape index (κ3) is 3.46. The molecule has 1 N–H and O–H groups in total.